The van der Waals surface area contributed by atoms with Crippen molar-refractivity contribution >= 4 is 10.0 Å². The van der Waals surface area contributed by atoms with Crippen molar-refractivity contribution in [2.75, 3.05) is 26.2 Å². The minimum absolute atomic E-state index is 0.230. The van der Waals surface area contributed by atoms with Gasteiger partial charge in [-0.05, 0) is 37.6 Å². The van der Waals surface area contributed by atoms with E-state index in [1.807, 2.05) is 0 Å². The summed E-state index contributed by atoms with van der Waals surface area (Å²) >= 11 is 0. The molecule has 6 nitrogen and oxygen atoms in total. The maximum atomic E-state index is 12.0. The molecule has 0 amide bonds. The molecule has 0 unspecified atom stereocenters. The first-order chi connectivity index (χ1) is 10.4. The summed E-state index contributed by atoms with van der Waals surface area (Å²) in [6.07, 6.45) is 6.09. The average molecular weight is 328 g/mol. The van der Waals surface area contributed by atoms with Crippen LogP contribution in [-0.2, 0) is 17.1 Å². The zero-order chi connectivity index (χ0) is 16.2. The molecule has 1 aromatic rings. The van der Waals surface area contributed by atoms with Crippen LogP contribution in [-0.4, -0.2) is 49.3 Å². The van der Waals surface area contributed by atoms with Gasteiger partial charge in [0.2, 0.25) is 10.0 Å². The highest BCUT2D eigenvalue weighted by molar-refractivity contribution is 7.89. The van der Waals surface area contributed by atoms with E-state index in [0.717, 1.165) is 31.2 Å². The van der Waals surface area contributed by atoms with Gasteiger partial charge in [-0.15, -0.1) is 0 Å². The SMILES string of the molecule is C[C@@H]1C[C@@H](C)CN(CCCCNS(=O)(=O)c2cnn(C)c2)C1. The number of likely N-dealkylation sites (tertiary alicyclic amines) is 1. The van der Waals surface area contributed by atoms with Crippen LogP contribution in [0.4, 0.5) is 0 Å². The molecule has 1 fully saturated rings. The largest absolute Gasteiger partial charge is 0.303 e. The fourth-order valence-corrected chi connectivity index (χ4v) is 4.32. The lowest BCUT2D eigenvalue weighted by atomic mass is 9.92. The van der Waals surface area contributed by atoms with Crippen molar-refractivity contribution in [1.82, 2.24) is 19.4 Å². The van der Waals surface area contributed by atoms with Crippen molar-refractivity contribution in [3.8, 4) is 0 Å². The van der Waals surface area contributed by atoms with Crippen LogP contribution in [0, 0.1) is 11.8 Å². The lowest BCUT2D eigenvalue weighted by molar-refractivity contribution is 0.139. The van der Waals surface area contributed by atoms with E-state index in [2.05, 4.69) is 28.6 Å². The van der Waals surface area contributed by atoms with Gasteiger partial charge >= 0.3 is 0 Å². The molecule has 2 rings (SSSR count). The van der Waals surface area contributed by atoms with Crippen LogP contribution in [0.5, 0.6) is 0 Å². The summed E-state index contributed by atoms with van der Waals surface area (Å²) < 4.78 is 28.2. The molecule has 2 heterocycles. The molecule has 1 aromatic heterocycles. The van der Waals surface area contributed by atoms with E-state index in [1.165, 1.54) is 36.6 Å². The first-order valence-corrected chi connectivity index (χ1v) is 9.56. The molecule has 1 saturated heterocycles. The number of hydrogen-bond donors (Lipinski definition) is 1. The third-order valence-electron chi connectivity index (χ3n) is 4.13. The zero-order valence-corrected chi connectivity index (χ0v) is 14.6. The molecule has 2 atom stereocenters. The van der Waals surface area contributed by atoms with E-state index in [-0.39, 0.29) is 4.90 Å². The Morgan fingerprint density at radius 1 is 1.27 bits per heavy atom. The Morgan fingerprint density at radius 3 is 2.55 bits per heavy atom. The Balaban J connectivity index is 1.67. The van der Waals surface area contributed by atoms with Gasteiger partial charge in [0, 0.05) is 32.9 Å². The molecule has 22 heavy (non-hydrogen) atoms. The lowest BCUT2D eigenvalue weighted by Crippen LogP contribution is -2.39. The topological polar surface area (TPSA) is 67.2 Å². The maximum absolute atomic E-state index is 12.0. The normalized spacial score (nSPS) is 23.8. The van der Waals surface area contributed by atoms with E-state index in [9.17, 15) is 8.42 Å². The predicted octanol–water partition coefficient (Wildman–Crippen LogP) is 1.46. The van der Waals surface area contributed by atoms with Crippen molar-refractivity contribution in [3.05, 3.63) is 12.4 Å². The number of sulfonamides is 1. The molecule has 0 aromatic carbocycles. The molecule has 0 radical (unpaired) electrons. The van der Waals surface area contributed by atoms with Crippen LogP contribution in [0.1, 0.15) is 33.1 Å². The van der Waals surface area contributed by atoms with Crippen LogP contribution < -0.4 is 4.72 Å². The third-order valence-corrected chi connectivity index (χ3v) is 5.54. The molecule has 1 N–H and O–H groups in total. The number of aromatic nitrogens is 2. The van der Waals surface area contributed by atoms with Crippen LogP contribution in [0.2, 0.25) is 0 Å². The summed E-state index contributed by atoms with van der Waals surface area (Å²) in [7, 11) is -1.70. The van der Waals surface area contributed by atoms with Crippen molar-refractivity contribution in [2.24, 2.45) is 18.9 Å². The molecule has 7 heteroatoms. The van der Waals surface area contributed by atoms with Gasteiger partial charge in [0.05, 0.1) is 6.20 Å². The Kier molecular flexibility index (Phi) is 6.00. The highest BCUT2D eigenvalue weighted by atomic mass is 32.2. The fourth-order valence-electron chi connectivity index (χ4n) is 3.26. The number of nitrogens with one attached hydrogen (secondary N) is 1. The van der Waals surface area contributed by atoms with Crippen LogP contribution >= 0.6 is 0 Å². The fraction of sp³-hybridized carbons (Fsp3) is 0.800. The van der Waals surface area contributed by atoms with Gasteiger partial charge in [-0.1, -0.05) is 13.8 Å². The maximum Gasteiger partial charge on any atom is 0.243 e. The molecule has 0 aliphatic carbocycles. The monoisotopic (exact) mass is 328 g/mol. The lowest BCUT2D eigenvalue weighted by Gasteiger charge is -2.34. The minimum Gasteiger partial charge on any atom is -0.303 e. The number of hydrogen-bond acceptors (Lipinski definition) is 4. The van der Waals surface area contributed by atoms with Gasteiger partial charge in [0.1, 0.15) is 4.90 Å². The van der Waals surface area contributed by atoms with Gasteiger partial charge in [0.15, 0.2) is 0 Å². The van der Waals surface area contributed by atoms with E-state index in [0.29, 0.717) is 6.54 Å². The smallest absolute Gasteiger partial charge is 0.243 e. The first-order valence-electron chi connectivity index (χ1n) is 8.07. The summed E-state index contributed by atoms with van der Waals surface area (Å²) in [6.45, 7) is 8.51. The van der Waals surface area contributed by atoms with Gasteiger partial charge in [-0.3, -0.25) is 4.68 Å². The number of aryl methyl sites for hydroxylation is 1. The average Bonchev–Trinajstić information content (AvgIpc) is 2.84. The second-order valence-corrected chi connectivity index (χ2v) is 8.43. The summed E-state index contributed by atoms with van der Waals surface area (Å²) in [5.74, 6) is 1.54. The molecule has 126 valence electrons. The van der Waals surface area contributed by atoms with Gasteiger partial charge < -0.3 is 4.90 Å². The number of nitrogens with zero attached hydrogens (tertiary/aromatic N) is 3. The molecule has 0 saturated carbocycles. The number of unbranched alkanes of at least 4 members (excludes halogenated alkanes) is 1. The molecular weight excluding hydrogens is 300 g/mol. The quantitative estimate of drug-likeness (QED) is 0.770. The predicted molar refractivity (Wildman–Crippen MR) is 87.0 cm³/mol. The van der Waals surface area contributed by atoms with Crippen molar-refractivity contribution in [2.45, 2.75) is 38.0 Å². The Labute approximate surface area is 133 Å². The van der Waals surface area contributed by atoms with E-state index >= 15 is 0 Å². The van der Waals surface area contributed by atoms with Gasteiger partial charge in [0.25, 0.3) is 0 Å². The molecular formula is C15H28N4O2S. The summed E-state index contributed by atoms with van der Waals surface area (Å²) in [4.78, 5) is 2.74. The highest BCUT2D eigenvalue weighted by Crippen LogP contribution is 2.20. The summed E-state index contributed by atoms with van der Waals surface area (Å²) in [6, 6.07) is 0. The molecule has 1 aliphatic heterocycles. The highest BCUT2D eigenvalue weighted by Gasteiger charge is 2.21. The number of piperidine rings is 1. The summed E-state index contributed by atoms with van der Waals surface area (Å²) in [5, 5.41) is 3.89. The first kappa shape index (κ1) is 17.4. The Morgan fingerprint density at radius 2 is 1.95 bits per heavy atom. The number of rotatable bonds is 7. The molecule has 1 aliphatic rings. The molecule has 0 bridgehead atoms. The zero-order valence-electron chi connectivity index (χ0n) is 13.8. The van der Waals surface area contributed by atoms with Crippen LogP contribution in [0.3, 0.4) is 0 Å². The van der Waals surface area contributed by atoms with Gasteiger partial charge in [-0.25, -0.2) is 13.1 Å². The molecule has 0 spiro atoms. The standard InChI is InChI=1S/C15H28N4O2S/c1-13-8-14(2)11-19(10-13)7-5-4-6-17-22(20,21)15-9-16-18(3)12-15/h9,12-14,17H,4-8,10-11H2,1-3H3/t13-,14-/m1/s1. The van der Waals surface area contributed by atoms with Crippen molar-refractivity contribution < 1.29 is 8.42 Å². The van der Waals surface area contributed by atoms with Crippen molar-refractivity contribution in [3.63, 3.8) is 0 Å². The summed E-state index contributed by atoms with van der Waals surface area (Å²) in [5.41, 5.74) is 0. The second kappa shape index (κ2) is 7.57. The third kappa shape index (κ3) is 5.07. The van der Waals surface area contributed by atoms with Crippen LogP contribution in [0.15, 0.2) is 17.3 Å². The van der Waals surface area contributed by atoms with Gasteiger partial charge in [-0.2, -0.15) is 5.10 Å². The van der Waals surface area contributed by atoms with Crippen molar-refractivity contribution in [1.29, 1.82) is 0 Å². The van der Waals surface area contributed by atoms with Crippen LogP contribution in [0.25, 0.3) is 0 Å². The van der Waals surface area contributed by atoms with E-state index in [4.69, 9.17) is 0 Å². The van der Waals surface area contributed by atoms with E-state index < -0.39 is 10.0 Å². The second-order valence-electron chi connectivity index (χ2n) is 6.66. The Hall–Kier alpha value is -0.920. The Bertz CT molecular complexity index is 560. The van der Waals surface area contributed by atoms with E-state index in [1.54, 1.807) is 7.05 Å². The minimum atomic E-state index is -3.41.